The predicted molar refractivity (Wildman–Crippen MR) is 122 cm³/mol. The molecule has 1 aliphatic rings. The van der Waals surface area contributed by atoms with Crippen LogP contribution >= 0.6 is 15.9 Å². The van der Waals surface area contributed by atoms with E-state index in [2.05, 4.69) is 27.1 Å². The van der Waals surface area contributed by atoms with Crippen molar-refractivity contribution in [2.75, 3.05) is 18.4 Å². The van der Waals surface area contributed by atoms with Gasteiger partial charge in [-0.1, -0.05) is 27.6 Å². The van der Waals surface area contributed by atoms with Gasteiger partial charge in [-0.2, -0.15) is 5.10 Å². The second kappa shape index (κ2) is 7.41. The molecule has 2 aromatic heterocycles. The number of pyridine rings is 1. The Labute approximate surface area is 183 Å². The van der Waals surface area contributed by atoms with E-state index in [1.165, 1.54) is 0 Å². The van der Waals surface area contributed by atoms with Crippen LogP contribution in [0, 0.1) is 6.92 Å². The summed E-state index contributed by atoms with van der Waals surface area (Å²) in [7, 11) is 1.79. The zero-order chi connectivity index (χ0) is 21.8. The van der Waals surface area contributed by atoms with E-state index in [0.717, 1.165) is 44.7 Å². The van der Waals surface area contributed by atoms with Crippen LogP contribution in [0.2, 0.25) is 0 Å². The number of aryl methyl sites for hydroxylation is 3. The molecule has 1 saturated heterocycles. The largest absolute Gasteiger partial charge is 0.444 e. The molecule has 160 valence electrons. The highest BCUT2D eigenvalue weighted by molar-refractivity contribution is 9.09. The van der Waals surface area contributed by atoms with Gasteiger partial charge in [0.15, 0.2) is 0 Å². The lowest BCUT2D eigenvalue weighted by atomic mass is 9.98. The molecule has 0 aliphatic carbocycles. The monoisotopic (exact) mass is 474 g/mol. The topological polar surface area (TPSA) is 69.4 Å². The van der Waals surface area contributed by atoms with Crippen LogP contribution in [0.4, 0.5) is 4.79 Å². The summed E-state index contributed by atoms with van der Waals surface area (Å²) in [5.41, 5.74) is 2.47. The number of fused-ring (bicyclic) bond motifs is 3. The molecule has 0 spiro atoms. The number of carbonyl (C=O) groups excluding carboxylic acids is 1. The predicted octanol–water partition coefficient (Wildman–Crippen LogP) is 3.93. The Balaban J connectivity index is 1.76. The van der Waals surface area contributed by atoms with Gasteiger partial charge in [0, 0.05) is 41.6 Å². The number of amides is 1. The first kappa shape index (κ1) is 20.9. The van der Waals surface area contributed by atoms with Gasteiger partial charge in [0.05, 0.1) is 12.2 Å². The number of halogens is 1. The van der Waals surface area contributed by atoms with Crippen molar-refractivity contribution in [2.24, 2.45) is 7.05 Å². The maximum Gasteiger partial charge on any atom is 0.410 e. The molecule has 3 heterocycles. The van der Waals surface area contributed by atoms with E-state index in [1.54, 1.807) is 16.5 Å². The summed E-state index contributed by atoms with van der Waals surface area (Å²) in [6.45, 7) is 8.62. The molecular formula is C22H27BrN4O3. The van der Waals surface area contributed by atoms with Crippen LogP contribution in [0.25, 0.3) is 21.8 Å². The third-order valence-electron chi connectivity index (χ3n) is 5.48. The quantitative estimate of drug-likeness (QED) is 0.539. The van der Waals surface area contributed by atoms with Crippen molar-refractivity contribution >= 4 is 43.8 Å². The molecule has 0 N–H and O–H groups in total. The van der Waals surface area contributed by atoms with Crippen molar-refractivity contribution in [1.82, 2.24) is 19.2 Å². The lowest BCUT2D eigenvalue weighted by Gasteiger charge is -2.39. The fourth-order valence-electron chi connectivity index (χ4n) is 4.14. The number of benzene rings is 1. The van der Waals surface area contributed by atoms with Gasteiger partial charge in [0.1, 0.15) is 11.2 Å². The minimum atomic E-state index is -0.521. The van der Waals surface area contributed by atoms with Crippen molar-refractivity contribution in [3.05, 3.63) is 39.8 Å². The maximum atomic E-state index is 13.2. The first-order valence-electron chi connectivity index (χ1n) is 10.1. The first-order valence-corrected chi connectivity index (χ1v) is 11.3. The molecule has 8 heteroatoms. The Bertz CT molecular complexity index is 1200. The number of hydrogen-bond donors (Lipinski definition) is 0. The number of alkyl halides is 1. The third kappa shape index (κ3) is 3.51. The van der Waals surface area contributed by atoms with Gasteiger partial charge in [0.2, 0.25) is 0 Å². The number of ether oxygens (including phenoxy) is 1. The van der Waals surface area contributed by atoms with Crippen LogP contribution in [0.3, 0.4) is 0 Å². The van der Waals surface area contributed by atoms with Crippen LogP contribution in [0.1, 0.15) is 37.9 Å². The zero-order valence-electron chi connectivity index (χ0n) is 18.0. The molecule has 0 radical (unpaired) electrons. The van der Waals surface area contributed by atoms with E-state index in [4.69, 9.17) is 4.74 Å². The van der Waals surface area contributed by atoms with Crippen LogP contribution < -0.4 is 5.56 Å². The number of nitrogens with zero attached hydrogens (tertiary/aromatic N) is 4. The average Bonchev–Trinajstić information content (AvgIpc) is 3.01. The minimum absolute atomic E-state index is 0.0168. The molecular weight excluding hydrogens is 448 g/mol. The standard InChI is InChI=1S/C22H27BrN4O3/c1-13-8-14(6-7-23)18-16(9-13)20(28)25(5)19-17(18)10-24-27(19)15-11-26(12-15)21(29)30-22(2,3)4/h8-10,15H,6-7,11-12H2,1-5H3. The first-order chi connectivity index (χ1) is 14.1. The second-order valence-electron chi connectivity index (χ2n) is 9.02. The highest BCUT2D eigenvalue weighted by Crippen LogP contribution is 2.31. The maximum absolute atomic E-state index is 13.2. The Morgan fingerprint density at radius 2 is 1.97 bits per heavy atom. The summed E-state index contributed by atoms with van der Waals surface area (Å²) in [6.07, 6.45) is 2.37. The third-order valence-corrected chi connectivity index (χ3v) is 5.88. The van der Waals surface area contributed by atoms with Gasteiger partial charge in [-0.25, -0.2) is 9.48 Å². The van der Waals surface area contributed by atoms with Crippen LogP contribution in [-0.4, -0.2) is 49.4 Å². The Kier molecular flexibility index (Phi) is 5.16. The zero-order valence-corrected chi connectivity index (χ0v) is 19.6. The van der Waals surface area contributed by atoms with Crippen LogP contribution in [0.5, 0.6) is 0 Å². The molecule has 1 aromatic carbocycles. The van der Waals surface area contributed by atoms with E-state index in [1.807, 2.05) is 44.6 Å². The highest BCUT2D eigenvalue weighted by atomic mass is 79.9. The summed E-state index contributed by atoms with van der Waals surface area (Å²) in [4.78, 5) is 27.1. The molecule has 7 nitrogen and oxygen atoms in total. The second-order valence-corrected chi connectivity index (χ2v) is 9.81. The van der Waals surface area contributed by atoms with Crippen molar-refractivity contribution in [3.63, 3.8) is 0 Å². The molecule has 30 heavy (non-hydrogen) atoms. The van der Waals surface area contributed by atoms with Gasteiger partial charge >= 0.3 is 6.09 Å². The lowest BCUT2D eigenvalue weighted by molar-refractivity contribution is 0.0000350. The summed E-state index contributed by atoms with van der Waals surface area (Å²) < 4.78 is 9.01. The Morgan fingerprint density at radius 3 is 2.60 bits per heavy atom. The van der Waals surface area contributed by atoms with Gasteiger partial charge in [-0.3, -0.25) is 9.36 Å². The minimum Gasteiger partial charge on any atom is -0.444 e. The Hall–Kier alpha value is -2.35. The fraction of sp³-hybridized carbons (Fsp3) is 0.500. The summed E-state index contributed by atoms with van der Waals surface area (Å²) >= 11 is 3.53. The SMILES string of the molecule is Cc1cc(CCBr)c2c(c1)c(=O)n(C)c1c2cnn1C1CN(C(=O)OC(C)(C)C)C1. The van der Waals surface area contributed by atoms with Crippen molar-refractivity contribution in [2.45, 2.75) is 45.8 Å². The van der Waals surface area contributed by atoms with Gasteiger partial charge < -0.3 is 9.64 Å². The molecule has 1 amide bonds. The van der Waals surface area contributed by atoms with Crippen molar-refractivity contribution in [1.29, 1.82) is 0 Å². The fourth-order valence-corrected chi connectivity index (χ4v) is 4.57. The molecule has 0 bridgehead atoms. The van der Waals surface area contributed by atoms with Gasteiger partial charge in [-0.15, -0.1) is 0 Å². The number of likely N-dealkylation sites (tertiary alicyclic amines) is 1. The van der Waals surface area contributed by atoms with E-state index in [9.17, 15) is 9.59 Å². The van der Waals surface area contributed by atoms with Gasteiger partial charge in [0.25, 0.3) is 5.56 Å². The van der Waals surface area contributed by atoms with Crippen LogP contribution in [-0.2, 0) is 18.2 Å². The molecule has 3 aromatic rings. The molecule has 1 aliphatic heterocycles. The van der Waals surface area contributed by atoms with Crippen LogP contribution in [0.15, 0.2) is 23.1 Å². The molecule has 0 unspecified atom stereocenters. The lowest BCUT2D eigenvalue weighted by Crippen LogP contribution is -2.52. The summed E-state index contributed by atoms with van der Waals surface area (Å²) in [5.74, 6) is 0. The smallest absolute Gasteiger partial charge is 0.410 e. The van der Waals surface area contributed by atoms with Gasteiger partial charge in [-0.05, 0) is 45.7 Å². The molecule has 0 saturated carbocycles. The average molecular weight is 475 g/mol. The molecule has 0 atom stereocenters. The molecule has 4 rings (SSSR count). The number of rotatable bonds is 3. The van der Waals surface area contributed by atoms with Crippen molar-refractivity contribution in [3.8, 4) is 0 Å². The number of carbonyl (C=O) groups is 1. The van der Waals surface area contributed by atoms with E-state index < -0.39 is 5.60 Å². The number of hydrogen-bond acceptors (Lipinski definition) is 4. The summed E-state index contributed by atoms with van der Waals surface area (Å²) in [5, 5.41) is 8.13. The molecule has 1 fully saturated rings. The van der Waals surface area contributed by atoms with E-state index in [0.29, 0.717) is 13.1 Å². The number of aromatic nitrogens is 3. The highest BCUT2D eigenvalue weighted by Gasteiger charge is 2.36. The Morgan fingerprint density at radius 1 is 1.27 bits per heavy atom. The van der Waals surface area contributed by atoms with Crippen molar-refractivity contribution < 1.29 is 9.53 Å². The normalized spacial score (nSPS) is 15.1. The summed E-state index contributed by atoms with van der Waals surface area (Å²) in [6, 6.07) is 4.12. The van der Waals surface area contributed by atoms with E-state index >= 15 is 0 Å². The van der Waals surface area contributed by atoms with E-state index in [-0.39, 0.29) is 17.7 Å².